The van der Waals surface area contributed by atoms with Gasteiger partial charge in [0.05, 0.1) is 0 Å². The molecular formula is C14H20N4. The summed E-state index contributed by atoms with van der Waals surface area (Å²) in [4.78, 5) is 4.59. The molecule has 0 spiro atoms. The van der Waals surface area contributed by atoms with E-state index in [4.69, 9.17) is 5.73 Å². The number of hydrogen-bond donors (Lipinski definition) is 1. The van der Waals surface area contributed by atoms with Crippen LogP contribution in [-0.2, 0) is 13.5 Å². The monoisotopic (exact) mass is 244 g/mol. The Morgan fingerprint density at radius 1 is 1.17 bits per heavy atom. The maximum absolute atomic E-state index is 5.55. The van der Waals surface area contributed by atoms with Crippen molar-refractivity contribution in [2.24, 2.45) is 12.8 Å². The van der Waals surface area contributed by atoms with Crippen LogP contribution < -0.4 is 5.73 Å². The van der Waals surface area contributed by atoms with Gasteiger partial charge in [-0.2, -0.15) is 5.10 Å². The van der Waals surface area contributed by atoms with E-state index in [9.17, 15) is 0 Å². The van der Waals surface area contributed by atoms with E-state index in [1.165, 1.54) is 22.3 Å². The van der Waals surface area contributed by atoms with Crippen LogP contribution in [0.15, 0.2) is 12.1 Å². The zero-order valence-corrected chi connectivity index (χ0v) is 11.5. The highest BCUT2D eigenvalue weighted by Crippen LogP contribution is 2.26. The van der Waals surface area contributed by atoms with E-state index in [-0.39, 0.29) is 0 Å². The fourth-order valence-corrected chi connectivity index (χ4v) is 2.42. The molecule has 0 fully saturated rings. The quantitative estimate of drug-likeness (QED) is 0.897. The molecule has 2 aromatic rings. The molecule has 0 unspecified atom stereocenters. The van der Waals surface area contributed by atoms with Crippen LogP contribution in [0.3, 0.4) is 0 Å². The fraction of sp³-hybridized carbons (Fsp3) is 0.429. The third-order valence-electron chi connectivity index (χ3n) is 3.08. The highest BCUT2D eigenvalue weighted by molar-refractivity contribution is 5.65. The molecular weight excluding hydrogens is 224 g/mol. The first-order valence-corrected chi connectivity index (χ1v) is 6.21. The van der Waals surface area contributed by atoms with Crippen LogP contribution in [0.4, 0.5) is 0 Å². The molecule has 2 rings (SSSR count). The van der Waals surface area contributed by atoms with Gasteiger partial charge in [-0.15, -0.1) is 0 Å². The van der Waals surface area contributed by atoms with Gasteiger partial charge in [0.2, 0.25) is 0 Å². The number of benzene rings is 1. The van der Waals surface area contributed by atoms with Crippen molar-refractivity contribution in [2.45, 2.75) is 27.2 Å². The first-order valence-electron chi connectivity index (χ1n) is 6.21. The summed E-state index contributed by atoms with van der Waals surface area (Å²) in [5.41, 5.74) is 10.5. The van der Waals surface area contributed by atoms with Crippen molar-refractivity contribution in [3.63, 3.8) is 0 Å². The van der Waals surface area contributed by atoms with Crippen molar-refractivity contribution < 1.29 is 0 Å². The Kier molecular flexibility index (Phi) is 3.48. The van der Waals surface area contributed by atoms with Crippen molar-refractivity contribution in [1.29, 1.82) is 0 Å². The van der Waals surface area contributed by atoms with E-state index >= 15 is 0 Å². The lowest BCUT2D eigenvalue weighted by molar-refractivity contribution is 0.744. The van der Waals surface area contributed by atoms with Gasteiger partial charge in [0, 0.05) is 19.0 Å². The number of aromatic nitrogens is 3. The SMILES string of the molecule is Cc1cc(C)c(-c2nc(CCN)nn2C)c(C)c1. The van der Waals surface area contributed by atoms with Crippen LogP contribution in [0, 0.1) is 20.8 Å². The highest BCUT2D eigenvalue weighted by atomic mass is 15.3. The first-order chi connectivity index (χ1) is 8.52. The number of nitrogens with zero attached hydrogens (tertiary/aromatic N) is 3. The molecule has 4 nitrogen and oxygen atoms in total. The summed E-state index contributed by atoms with van der Waals surface area (Å²) in [6.45, 7) is 6.93. The molecule has 0 aliphatic heterocycles. The third-order valence-corrected chi connectivity index (χ3v) is 3.08. The fourth-order valence-electron chi connectivity index (χ4n) is 2.42. The highest BCUT2D eigenvalue weighted by Gasteiger charge is 2.14. The van der Waals surface area contributed by atoms with Gasteiger partial charge < -0.3 is 5.73 Å². The maximum Gasteiger partial charge on any atom is 0.158 e. The van der Waals surface area contributed by atoms with Gasteiger partial charge in [-0.1, -0.05) is 17.7 Å². The number of rotatable bonds is 3. The van der Waals surface area contributed by atoms with Crippen LogP contribution in [0.25, 0.3) is 11.4 Å². The van der Waals surface area contributed by atoms with Crippen LogP contribution in [0.1, 0.15) is 22.5 Å². The standard InChI is InChI=1S/C14H20N4/c1-9-7-10(2)13(11(3)8-9)14-16-12(5-6-15)17-18(14)4/h7-8H,5-6,15H2,1-4H3. The largest absolute Gasteiger partial charge is 0.330 e. The lowest BCUT2D eigenvalue weighted by atomic mass is 9.99. The van der Waals surface area contributed by atoms with Gasteiger partial charge in [-0.25, -0.2) is 9.67 Å². The van der Waals surface area contributed by atoms with Gasteiger partial charge in [0.25, 0.3) is 0 Å². The topological polar surface area (TPSA) is 56.7 Å². The molecule has 0 saturated carbocycles. The van der Waals surface area contributed by atoms with Crippen molar-refractivity contribution in [3.05, 3.63) is 34.6 Å². The predicted octanol–water partition coefficient (Wildman–Crippen LogP) is 1.91. The van der Waals surface area contributed by atoms with Crippen LogP contribution in [0.5, 0.6) is 0 Å². The molecule has 0 bridgehead atoms. The molecule has 1 aromatic carbocycles. The molecule has 0 radical (unpaired) electrons. The van der Waals surface area contributed by atoms with E-state index in [2.05, 4.69) is 43.0 Å². The lowest BCUT2D eigenvalue weighted by Crippen LogP contribution is -2.04. The Balaban J connectivity index is 2.55. The normalized spacial score (nSPS) is 10.9. The van der Waals surface area contributed by atoms with Gasteiger partial charge in [-0.3, -0.25) is 0 Å². The van der Waals surface area contributed by atoms with Crippen molar-refractivity contribution in [3.8, 4) is 11.4 Å². The Morgan fingerprint density at radius 2 is 1.78 bits per heavy atom. The Morgan fingerprint density at radius 3 is 2.33 bits per heavy atom. The minimum atomic E-state index is 0.579. The lowest BCUT2D eigenvalue weighted by Gasteiger charge is -2.10. The van der Waals surface area contributed by atoms with E-state index in [1.807, 2.05) is 11.7 Å². The minimum absolute atomic E-state index is 0.579. The molecule has 0 atom stereocenters. The van der Waals surface area contributed by atoms with Crippen molar-refractivity contribution >= 4 is 0 Å². The van der Waals surface area contributed by atoms with E-state index < -0.39 is 0 Å². The molecule has 0 aliphatic carbocycles. The average molecular weight is 244 g/mol. The van der Waals surface area contributed by atoms with Crippen LogP contribution in [-0.4, -0.2) is 21.3 Å². The number of nitrogens with two attached hydrogens (primary N) is 1. The molecule has 0 saturated heterocycles. The number of hydrogen-bond acceptors (Lipinski definition) is 3. The minimum Gasteiger partial charge on any atom is -0.330 e. The Hall–Kier alpha value is -1.68. The number of aryl methyl sites for hydroxylation is 4. The van der Waals surface area contributed by atoms with Crippen molar-refractivity contribution in [1.82, 2.24) is 14.8 Å². The second-order valence-electron chi connectivity index (χ2n) is 4.79. The molecule has 1 heterocycles. The predicted molar refractivity (Wildman–Crippen MR) is 73.4 cm³/mol. The van der Waals surface area contributed by atoms with E-state index in [0.717, 1.165) is 18.1 Å². The second-order valence-corrected chi connectivity index (χ2v) is 4.79. The molecule has 0 aliphatic rings. The maximum atomic E-state index is 5.55. The van der Waals surface area contributed by atoms with Gasteiger partial charge in [0.1, 0.15) is 0 Å². The third kappa shape index (κ3) is 2.29. The van der Waals surface area contributed by atoms with Crippen molar-refractivity contribution in [2.75, 3.05) is 6.54 Å². The van der Waals surface area contributed by atoms with E-state index in [0.29, 0.717) is 6.54 Å². The summed E-state index contributed by atoms with van der Waals surface area (Å²) in [5, 5.41) is 4.41. The first kappa shape index (κ1) is 12.8. The molecule has 0 amide bonds. The smallest absolute Gasteiger partial charge is 0.158 e. The summed E-state index contributed by atoms with van der Waals surface area (Å²) in [6, 6.07) is 4.36. The van der Waals surface area contributed by atoms with E-state index in [1.54, 1.807) is 0 Å². The molecule has 96 valence electrons. The zero-order chi connectivity index (χ0) is 13.3. The molecule has 2 N–H and O–H groups in total. The van der Waals surface area contributed by atoms with Crippen LogP contribution in [0.2, 0.25) is 0 Å². The van der Waals surface area contributed by atoms with Gasteiger partial charge >= 0.3 is 0 Å². The summed E-state index contributed by atoms with van der Waals surface area (Å²) >= 11 is 0. The molecule has 4 heteroatoms. The average Bonchev–Trinajstić information content (AvgIpc) is 2.59. The van der Waals surface area contributed by atoms with Gasteiger partial charge in [-0.05, 0) is 38.4 Å². The second kappa shape index (κ2) is 4.90. The summed E-state index contributed by atoms with van der Waals surface area (Å²) in [6.07, 6.45) is 0.720. The molecule has 1 aromatic heterocycles. The Bertz CT molecular complexity index is 546. The molecule has 18 heavy (non-hydrogen) atoms. The summed E-state index contributed by atoms with van der Waals surface area (Å²) in [7, 11) is 1.93. The van der Waals surface area contributed by atoms with Gasteiger partial charge in [0.15, 0.2) is 11.6 Å². The van der Waals surface area contributed by atoms with Crippen LogP contribution >= 0.6 is 0 Å². The Labute approximate surface area is 108 Å². The summed E-state index contributed by atoms with van der Waals surface area (Å²) < 4.78 is 1.84. The zero-order valence-electron chi connectivity index (χ0n) is 11.5. The summed E-state index contributed by atoms with van der Waals surface area (Å²) in [5.74, 6) is 1.74.